The van der Waals surface area contributed by atoms with Crippen LogP contribution in [0.3, 0.4) is 0 Å². The van der Waals surface area contributed by atoms with Gasteiger partial charge in [-0.05, 0) is 42.7 Å². The highest BCUT2D eigenvalue weighted by atomic mass is 35.5. The second-order valence-electron chi connectivity index (χ2n) is 7.16. The first kappa shape index (κ1) is 20.0. The van der Waals surface area contributed by atoms with Crippen LogP contribution in [0.1, 0.15) is 47.6 Å². The van der Waals surface area contributed by atoms with Gasteiger partial charge in [0, 0.05) is 30.0 Å². The molecular formula is C22H23ClN4OS. The van der Waals surface area contributed by atoms with Crippen molar-refractivity contribution in [2.75, 3.05) is 7.05 Å². The van der Waals surface area contributed by atoms with E-state index in [-0.39, 0.29) is 5.91 Å². The number of hydrogen-bond acceptors (Lipinski definition) is 4. The third-order valence-corrected chi connectivity index (χ3v) is 6.60. The second-order valence-corrected chi connectivity index (χ2v) is 8.51. The minimum Gasteiger partial charge on any atom is -0.355 e. The molecule has 150 valence electrons. The smallest absolute Gasteiger partial charge is 0.251 e. The van der Waals surface area contributed by atoms with Crippen molar-refractivity contribution in [3.05, 3.63) is 64.7 Å². The van der Waals surface area contributed by atoms with Crippen LogP contribution in [0.4, 0.5) is 0 Å². The molecule has 29 heavy (non-hydrogen) atoms. The summed E-state index contributed by atoms with van der Waals surface area (Å²) in [5.74, 6) is 1.48. The molecule has 0 saturated heterocycles. The molecule has 7 heteroatoms. The lowest BCUT2D eigenvalue weighted by molar-refractivity contribution is 0.0963. The molecule has 1 aliphatic carbocycles. The van der Waals surface area contributed by atoms with Crippen molar-refractivity contribution in [3.8, 4) is 11.4 Å². The zero-order valence-electron chi connectivity index (χ0n) is 16.3. The molecule has 0 atom stereocenters. The third kappa shape index (κ3) is 4.33. The Hall–Kier alpha value is -2.31. The summed E-state index contributed by atoms with van der Waals surface area (Å²) in [4.78, 5) is 11.9. The first-order valence-corrected chi connectivity index (χ1v) is 11.2. The maximum absolute atomic E-state index is 11.9. The van der Waals surface area contributed by atoms with Gasteiger partial charge in [0.1, 0.15) is 0 Å². The Kier molecular flexibility index (Phi) is 6.21. The van der Waals surface area contributed by atoms with Crippen LogP contribution in [0.5, 0.6) is 0 Å². The van der Waals surface area contributed by atoms with Crippen molar-refractivity contribution in [2.45, 2.75) is 42.6 Å². The highest BCUT2D eigenvalue weighted by Gasteiger charge is 2.25. The number of halogens is 1. The molecule has 0 spiro atoms. The van der Waals surface area contributed by atoms with Gasteiger partial charge in [-0.25, -0.2) is 0 Å². The number of carbonyl (C=O) groups is 1. The fraction of sp³-hybridized carbons (Fsp3) is 0.318. The van der Waals surface area contributed by atoms with Gasteiger partial charge in [-0.2, -0.15) is 0 Å². The largest absolute Gasteiger partial charge is 0.355 e. The van der Waals surface area contributed by atoms with Crippen molar-refractivity contribution >= 4 is 29.3 Å². The number of nitrogens with zero attached hydrogens (tertiary/aromatic N) is 3. The zero-order chi connectivity index (χ0) is 20.2. The molecule has 2 aromatic carbocycles. The van der Waals surface area contributed by atoms with E-state index in [0.717, 1.165) is 40.7 Å². The molecule has 1 fully saturated rings. The zero-order valence-corrected chi connectivity index (χ0v) is 17.8. The summed E-state index contributed by atoms with van der Waals surface area (Å²) in [5, 5.41) is 13.3. The summed E-state index contributed by atoms with van der Waals surface area (Å²) in [5.41, 5.74) is 2.66. The molecule has 3 aromatic rings. The first-order chi connectivity index (χ1) is 14.2. The second kappa shape index (κ2) is 9.01. The predicted molar refractivity (Wildman–Crippen MR) is 117 cm³/mol. The van der Waals surface area contributed by atoms with E-state index in [2.05, 4.69) is 20.1 Å². The molecule has 0 radical (unpaired) electrons. The van der Waals surface area contributed by atoms with Gasteiger partial charge < -0.3 is 5.32 Å². The van der Waals surface area contributed by atoms with E-state index in [1.807, 2.05) is 48.5 Å². The van der Waals surface area contributed by atoms with E-state index in [1.54, 1.807) is 18.8 Å². The number of carbonyl (C=O) groups excluding carboxylic acids is 1. The molecule has 1 aliphatic rings. The SMILES string of the molecule is CNC(=O)c1cccc(CSc2nnc(-c3ccccc3Cl)n2C2CCCC2)c1. The van der Waals surface area contributed by atoms with Crippen LogP contribution in [0, 0.1) is 0 Å². The topological polar surface area (TPSA) is 59.8 Å². The van der Waals surface area contributed by atoms with Gasteiger partial charge in [0.2, 0.25) is 0 Å². The van der Waals surface area contributed by atoms with Gasteiger partial charge in [0.25, 0.3) is 5.91 Å². The molecule has 1 N–H and O–H groups in total. The first-order valence-electron chi connectivity index (χ1n) is 9.81. The highest BCUT2D eigenvalue weighted by Crippen LogP contribution is 2.38. The van der Waals surface area contributed by atoms with E-state index < -0.39 is 0 Å². The average Bonchev–Trinajstić information content (AvgIpc) is 3.41. The Morgan fingerprint density at radius 3 is 2.72 bits per heavy atom. The van der Waals surface area contributed by atoms with Gasteiger partial charge in [-0.15, -0.1) is 10.2 Å². The van der Waals surface area contributed by atoms with E-state index in [0.29, 0.717) is 16.6 Å². The van der Waals surface area contributed by atoms with E-state index >= 15 is 0 Å². The molecule has 0 bridgehead atoms. The number of aromatic nitrogens is 3. The number of rotatable bonds is 6. The molecule has 0 aliphatic heterocycles. The Morgan fingerprint density at radius 1 is 1.17 bits per heavy atom. The highest BCUT2D eigenvalue weighted by molar-refractivity contribution is 7.98. The van der Waals surface area contributed by atoms with Gasteiger partial charge >= 0.3 is 0 Å². The van der Waals surface area contributed by atoms with Gasteiger partial charge in [-0.3, -0.25) is 9.36 Å². The van der Waals surface area contributed by atoms with Crippen molar-refractivity contribution in [2.24, 2.45) is 0 Å². The Balaban J connectivity index is 1.63. The van der Waals surface area contributed by atoms with Crippen LogP contribution in [-0.4, -0.2) is 27.7 Å². The molecule has 4 rings (SSSR count). The summed E-state index contributed by atoms with van der Waals surface area (Å²) >= 11 is 8.11. The minimum absolute atomic E-state index is 0.0769. The van der Waals surface area contributed by atoms with Crippen LogP contribution < -0.4 is 5.32 Å². The third-order valence-electron chi connectivity index (χ3n) is 5.25. The molecule has 5 nitrogen and oxygen atoms in total. The Labute approximate surface area is 179 Å². The number of hydrogen-bond donors (Lipinski definition) is 1. The van der Waals surface area contributed by atoms with Crippen LogP contribution in [0.25, 0.3) is 11.4 Å². The fourth-order valence-electron chi connectivity index (χ4n) is 3.79. The molecule has 1 heterocycles. The lowest BCUT2D eigenvalue weighted by Crippen LogP contribution is -2.17. The number of thioether (sulfide) groups is 1. The summed E-state index contributed by atoms with van der Waals surface area (Å²) in [6.07, 6.45) is 4.72. The fourth-order valence-corrected chi connectivity index (χ4v) is 4.96. The maximum Gasteiger partial charge on any atom is 0.251 e. The van der Waals surface area contributed by atoms with Gasteiger partial charge in [-0.1, -0.05) is 60.5 Å². The van der Waals surface area contributed by atoms with Crippen LogP contribution >= 0.6 is 23.4 Å². The van der Waals surface area contributed by atoms with E-state index in [4.69, 9.17) is 11.6 Å². The van der Waals surface area contributed by atoms with Crippen LogP contribution in [0.2, 0.25) is 5.02 Å². The molecule has 1 amide bonds. The number of nitrogens with one attached hydrogen (secondary N) is 1. The van der Waals surface area contributed by atoms with Crippen molar-refractivity contribution in [1.29, 1.82) is 0 Å². The normalized spacial score (nSPS) is 14.3. The lowest BCUT2D eigenvalue weighted by atomic mass is 10.1. The Bertz CT molecular complexity index is 1010. The Morgan fingerprint density at radius 2 is 1.97 bits per heavy atom. The number of benzene rings is 2. The molecular weight excluding hydrogens is 404 g/mol. The van der Waals surface area contributed by atoms with Gasteiger partial charge in [0.15, 0.2) is 11.0 Å². The van der Waals surface area contributed by atoms with Crippen LogP contribution in [-0.2, 0) is 5.75 Å². The summed E-state index contributed by atoms with van der Waals surface area (Å²) < 4.78 is 2.27. The van der Waals surface area contributed by atoms with Gasteiger partial charge in [0.05, 0.1) is 5.02 Å². The van der Waals surface area contributed by atoms with Crippen molar-refractivity contribution < 1.29 is 4.79 Å². The summed E-state index contributed by atoms with van der Waals surface area (Å²) in [7, 11) is 1.64. The molecule has 1 aromatic heterocycles. The molecule has 1 saturated carbocycles. The minimum atomic E-state index is -0.0769. The standard InChI is InChI=1S/C22H23ClN4OS/c1-24-21(28)16-8-6-7-15(13-16)14-29-22-26-25-20(18-11-4-5-12-19(18)23)27(22)17-9-2-3-10-17/h4-8,11-13,17H,2-3,9-10,14H2,1H3,(H,24,28). The lowest BCUT2D eigenvalue weighted by Gasteiger charge is -2.17. The van der Waals surface area contributed by atoms with E-state index in [9.17, 15) is 4.79 Å². The summed E-state index contributed by atoms with van der Waals surface area (Å²) in [6.45, 7) is 0. The monoisotopic (exact) mass is 426 g/mol. The average molecular weight is 427 g/mol. The summed E-state index contributed by atoms with van der Waals surface area (Å²) in [6, 6.07) is 15.9. The van der Waals surface area contributed by atoms with E-state index in [1.165, 1.54) is 12.8 Å². The van der Waals surface area contributed by atoms with Crippen molar-refractivity contribution in [3.63, 3.8) is 0 Å². The van der Waals surface area contributed by atoms with Crippen LogP contribution in [0.15, 0.2) is 53.7 Å². The quantitative estimate of drug-likeness (QED) is 0.538. The maximum atomic E-state index is 11.9. The molecule has 0 unspecified atom stereocenters. The predicted octanol–water partition coefficient (Wildman–Crippen LogP) is 5.37. The van der Waals surface area contributed by atoms with Crippen molar-refractivity contribution in [1.82, 2.24) is 20.1 Å². The number of amides is 1.